The fraction of sp³-hybridized carbons (Fsp3) is 0.667. The molecule has 3 N–H and O–H groups in total. The Balaban J connectivity index is 2.51. The summed E-state index contributed by atoms with van der Waals surface area (Å²) in [7, 11) is 1.70. The van der Waals surface area contributed by atoms with Crippen molar-refractivity contribution < 1.29 is 9.21 Å². The van der Waals surface area contributed by atoms with Crippen LogP contribution in [0.4, 0.5) is 6.01 Å². The van der Waals surface area contributed by atoms with Gasteiger partial charge in [0.25, 0.3) is 0 Å². The minimum Gasteiger partial charge on any atom is -0.407 e. The van der Waals surface area contributed by atoms with Gasteiger partial charge in [-0.15, -0.1) is 5.10 Å². The molecule has 0 aliphatic heterocycles. The maximum Gasteiger partial charge on any atom is 0.318 e. The topological polar surface area (TPSA) is 97.3 Å². The number of carbonyl (C=O) groups is 1. The minimum atomic E-state index is -0.0926. The van der Waals surface area contributed by atoms with Gasteiger partial charge in [-0.3, -0.25) is 4.79 Å². The summed E-state index contributed by atoms with van der Waals surface area (Å²) in [5.41, 5.74) is 5.34. The van der Waals surface area contributed by atoms with Gasteiger partial charge in [0, 0.05) is 13.1 Å². The number of nitrogens with zero attached hydrogens (tertiary/aromatic N) is 3. The highest BCUT2D eigenvalue weighted by Crippen LogP contribution is 2.08. The second kappa shape index (κ2) is 5.45. The van der Waals surface area contributed by atoms with Crippen molar-refractivity contribution >= 4 is 11.9 Å². The summed E-state index contributed by atoms with van der Waals surface area (Å²) in [5.74, 6) is 0.260. The zero-order valence-electron chi connectivity index (χ0n) is 9.73. The number of anilines is 1. The van der Waals surface area contributed by atoms with Crippen molar-refractivity contribution in [2.45, 2.75) is 26.4 Å². The molecular formula is C9H17N5O2. The lowest BCUT2D eigenvalue weighted by atomic mass is 10.4. The molecule has 0 radical (unpaired) electrons. The monoisotopic (exact) mass is 227 g/mol. The van der Waals surface area contributed by atoms with Crippen LogP contribution in [0.25, 0.3) is 0 Å². The Hall–Kier alpha value is -1.63. The highest BCUT2D eigenvalue weighted by Gasteiger charge is 2.13. The molecule has 1 aromatic heterocycles. The molecule has 1 heterocycles. The van der Waals surface area contributed by atoms with E-state index < -0.39 is 0 Å². The van der Waals surface area contributed by atoms with Crippen LogP contribution < -0.4 is 16.0 Å². The lowest BCUT2D eigenvalue weighted by molar-refractivity contribution is -0.120. The molecule has 90 valence electrons. The van der Waals surface area contributed by atoms with Gasteiger partial charge in [-0.25, -0.2) is 0 Å². The van der Waals surface area contributed by atoms with E-state index in [4.69, 9.17) is 10.2 Å². The van der Waals surface area contributed by atoms with Gasteiger partial charge in [0.05, 0.1) is 6.54 Å². The summed E-state index contributed by atoms with van der Waals surface area (Å²) < 4.78 is 5.20. The maximum absolute atomic E-state index is 11.4. The van der Waals surface area contributed by atoms with E-state index in [0.29, 0.717) is 11.9 Å². The lowest BCUT2D eigenvalue weighted by Crippen LogP contribution is -2.38. The summed E-state index contributed by atoms with van der Waals surface area (Å²) in [6.45, 7) is 4.16. The van der Waals surface area contributed by atoms with Crippen LogP contribution in [-0.2, 0) is 11.3 Å². The third-order valence-electron chi connectivity index (χ3n) is 1.79. The number of hydrogen-bond donors (Lipinski definition) is 2. The van der Waals surface area contributed by atoms with Crippen molar-refractivity contribution in [2.75, 3.05) is 18.5 Å². The van der Waals surface area contributed by atoms with Gasteiger partial charge >= 0.3 is 6.01 Å². The van der Waals surface area contributed by atoms with Crippen molar-refractivity contribution in [3.8, 4) is 0 Å². The predicted octanol–water partition coefficient (Wildman–Crippen LogP) is -0.511. The molecule has 0 fully saturated rings. The molecule has 0 unspecified atom stereocenters. The third-order valence-corrected chi connectivity index (χ3v) is 1.79. The molecule has 0 saturated heterocycles. The molecule has 7 heteroatoms. The van der Waals surface area contributed by atoms with Crippen molar-refractivity contribution in [1.82, 2.24) is 15.5 Å². The molecule has 0 spiro atoms. The van der Waals surface area contributed by atoms with Crippen molar-refractivity contribution in [1.29, 1.82) is 0 Å². The van der Waals surface area contributed by atoms with Crippen LogP contribution in [0.1, 0.15) is 19.7 Å². The first-order valence-electron chi connectivity index (χ1n) is 5.06. The number of nitrogens with two attached hydrogens (primary N) is 1. The predicted molar refractivity (Wildman–Crippen MR) is 58.7 cm³/mol. The summed E-state index contributed by atoms with van der Waals surface area (Å²) in [6.07, 6.45) is 0. The third kappa shape index (κ3) is 3.50. The summed E-state index contributed by atoms with van der Waals surface area (Å²) in [5, 5.41) is 10.2. The normalized spacial score (nSPS) is 10.6. The van der Waals surface area contributed by atoms with E-state index in [-0.39, 0.29) is 25.0 Å². The van der Waals surface area contributed by atoms with Gasteiger partial charge in [-0.1, -0.05) is 5.10 Å². The Kier molecular flexibility index (Phi) is 4.24. The van der Waals surface area contributed by atoms with E-state index in [1.54, 1.807) is 11.9 Å². The van der Waals surface area contributed by atoms with Crippen LogP contribution >= 0.6 is 0 Å². The molecule has 1 rings (SSSR count). The molecule has 0 bridgehead atoms. The number of rotatable bonds is 5. The second-order valence-electron chi connectivity index (χ2n) is 3.76. The highest BCUT2D eigenvalue weighted by atomic mass is 16.4. The van der Waals surface area contributed by atoms with Gasteiger partial charge in [0.1, 0.15) is 6.54 Å². The maximum atomic E-state index is 11.4. The molecule has 0 aliphatic carbocycles. The summed E-state index contributed by atoms with van der Waals surface area (Å²) in [6, 6.07) is 0.405. The van der Waals surface area contributed by atoms with E-state index in [1.807, 2.05) is 13.8 Å². The number of hydrogen-bond acceptors (Lipinski definition) is 6. The Bertz CT molecular complexity index is 349. The van der Waals surface area contributed by atoms with Gasteiger partial charge < -0.3 is 20.4 Å². The molecule has 7 nitrogen and oxygen atoms in total. The quantitative estimate of drug-likeness (QED) is 0.703. The average molecular weight is 227 g/mol. The zero-order chi connectivity index (χ0) is 12.1. The van der Waals surface area contributed by atoms with Crippen LogP contribution in [0, 0.1) is 0 Å². The second-order valence-corrected chi connectivity index (χ2v) is 3.76. The van der Waals surface area contributed by atoms with Crippen molar-refractivity contribution in [3.63, 3.8) is 0 Å². The summed E-state index contributed by atoms with van der Waals surface area (Å²) >= 11 is 0. The average Bonchev–Trinajstić information content (AvgIpc) is 2.64. The van der Waals surface area contributed by atoms with Crippen LogP contribution in [-0.4, -0.2) is 35.7 Å². The molecule has 1 amide bonds. The molecular weight excluding hydrogens is 210 g/mol. The van der Waals surface area contributed by atoms with E-state index in [9.17, 15) is 4.79 Å². The fourth-order valence-corrected chi connectivity index (χ4v) is 1.13. The van der Waals surface area contributed by atoms with Crippen molar-refractivity contribution in [2.24, 2.45) is 5.73 Å². The van der Waals surface area contributed by atoms with Gasteiger partial charge in [0.15, 0.2) is 0 Å². The molecule has 0 saturated carbocycles. The first kappa shape index (κ1) is 12.4. The smallest absolute Gasteiger partial charge is 0.318 e. The largest absolute Gasteiger partial charge is 0.407 e. The number of nitrogens with one attached hydrogen (secondary N) is 1. The van der Waals surface area contributed by atoms with Crippen molar-refractivity contribution in [3.05, 3.63) is 5.89 Å². The molecule has 1 aromatic rings. The van der Waals surface area contributed by atoms with Gasteiger partial charge in [-0.05, 0) is 13.8 Å². The van der Waals surface area contributed by atoms with Crippen LogP contribution in [0.2, 0.25) is 0 Å². The first-order chi connectivity index (χ1) is 7.52. The lowest BCUT2D eigenvalue weighted by Gasteiger charge is -2.14. The Morgan fingerprint density at radius 3 is 2.75 bits per heavy atom. The Morgan fingerprint density at radius 2 is 2.25 bits per heavy atom. The summed E-state index contributed by atoms with van der Waals surface area (Å²) in [4.78, 5) is 13.0. The molecule has 0 aliphatic rings. The Morgan fingerprint density at radius 1 is 1.56 bits per heavy atom. The molecule has 0 atom stereocenters. The number of carbonyl (C=O) groups excluding carboxylic acids is 1. The van der Waals surface area contributed by atoms with E-state index in [0.717, 1.165) is 0 Å². The number of likely N-dealkylation sites (N-methyl/N-ethyl adjacent to an activating group) is 1. The van der Waals surface area contributed by atoms with Gasteiger partial charge in [-0.2, -0.15) is 0 Å². The highest BCUT2D eigenvalue weighted by molar-refractivity contribution is 5.80. The van der Waals surface area contributed by atoms with Gasteiger partial charge in [0.2, 0.25) is 11.8 Å². The first-order valence-corrected chi connectivity index (χ1v) is 5.06. The SMILES string of the molecule is CC(C)NC(=O)CN(C)c1nnc(CN)o1. The molecule has 16 heavy (non-hydrogen) atoms. The van der Waals surface area contributed by atoms with Crippen LogP contribution in [0.5, 0.6) is 0 Å². The Labute approximate surface area is 94.0 Å². The van der Waals surface area contributed by atoms with E-state index in [1.165, 1.54) is 0 Å². The fourth-order valence-electron chi connectivity index (χ4n) is 1.13. The van der Waals surface area contributed by atoms with E-state index >= 15 is 0 Å². The standard InChI is InChI=1S/C9H17N5O2/c1-6(2)11-7(15)5-14(3)9-13-12-8(4-10)16-9/h6H,4-5,10H2,1-3H3,(H,11,15). The van der Waals surface area contributed by atoms with E-state index in [2.05, 4.69) is 15.5 Å². The minimum absolute atomic E-state index is 0.0926. The van der Waals surface area contributed by atoms with Crippen LogP contribution in [0.15, 0.2) is 4.42 Å². The number of aromatic nitrogens is 2. The zero-order valence-corrected chi connectivity index (χ0v) is 9.73. The molecule has 0 aromatic carbocycles. The number of amides is 1. The van der Waals surface area contributed by atoms with Crippen LogP contribution in [0.3, 0.4) is 0 Å².